The molecule has 1 saturated heterocycles. The molecule has 0 bridgehead atoms. The van der Waals surface area contributed by atoms with Gasteiger partial charge in [-0.25, -0.2) is 0 Å². The minimum atomic E-state index is -0.806. The number of rotatable bonds is 9. The fraction of sp³-hybridized carbons (Fsp3) is 0.333. The van der Waals surface area contributed by atoms with E-state index in [-0.39, 0.29) is 17.4 Å². The first-order valence-electron chi connectivity index (χ1n) is 13.5. The summed E-state index contributed by atoms with van der Waals surface area (Å²) in [6, 6.07) is 21.0. The summed E-state index contributed by atoms with van der Waals surface area (Å²) in [6.45, 7) is 12.8. The molecule has 0 aromatic heterocycles. The van der Waals surface area contributed by atoms with E-state index >= 15 is 0 Å². The summed E-state index contributed by atoms with van der Waals surface area (Å²) in [6.07, 6.45) is 0.00782. The largest absolute Gasteiger partial charge is 0.507 e. The van der Waals surface area contributed by atoms with E-state index in [1.165, 1.54) is 4.90 Å². The molecule has 204 valence electrons. The number of aliphatic hydroxyl groups excluding tert-OH is 1. The summed E-state index contributed by atoms with van der Waals surface area (Å²) in [7, 11) is 0. The van der Waals surface area contributed by atoms with Gasteiger partial charge >= 0.3 is 0 Å². The van der Waals surface area contributed by atoms with Crippen molar-refractivity contribution in [2.24, 2.45) is 5.92 Å². The van der Waals surface area contributed by atoms with E-state index < -0.39 is 17.7 Å². The number of carbonyl (C=O) groups is 2. The summed E-state index contributed by atoms with van der Waals surface area (Å²) >= 11 is 0. The molecule has 1 amide bonds. The summed E-state index contributed by atoms with van der Waals surface area (Å²) in [5.74, 6) is 0.420. The molecule has 1 N–H and O–H groups in total. The molecule has 0 spiro atoms. The number of nitrogens with zero attached hydrogens (tertiary/aromatic N) is 1. The van der Waals surface area contributed by atoms with Crippen LogP contribution in [0.2, 0.25) is 0 Å². The molecular formula is C33H37NO5. The van der Waals surface area contributed by atoms with E-state index in [0.29, 0.717) is 46.8 Å². The maximum atomic E-state index is 13.5. The van der Waals surface area contributed by atoms with Gasteiger partial charge in [-0.15, -0.1) is 0 Å². The molecule has 4 rings (SSSR count). The van der Waals surface area contributed by atoms with Crippen LogP contribution in [0.15, 0.2) is 78.4 Å². The fourth-order valence-corrected chi connectivity index (χ4v) is 4.56. The molecule has 1 aliphatic rings. The molecule has 1 unspecified atom stereocenters. The van der Waals surface area contributed by atoms with E-state index in [4.69, 9.17) is 9.47 Å². The summed E-state index contributed by atoms with van der Waals surface area (Å²) in [5.41, 5.74) is 2.88. The lowest BCUT2D eigenvalue weighted by atomic mass is 9.95. The highest BCUT2D eigenvalue weighted by Gasteiger charge is 2.47. The molecule has 6 heteroatoms. The first kappa shape index (κ1) is 28.0. The number of carbonyl (C=O) groups excluding carboxylic acids is 2. The van der Waals surface area contributed by atoms with Gasteiger partial charge in [-0.2, -0.15) is 0 Å². The molecule has 1 heterocycles. The molecule has 1 fully saturated rings. The van der Waals surface area contributed by atoms with E-state index in [9.17, 15) is 14.7 Å². The minimum Gasteiger partial charge on any atom is -0.507 e. The lowest BCUT2D eigenvalue weighted by molar-refractivity contribution is -0.132. The number of amides is 1. The van der Waals surface area contributed by atoms with Gasteiger partial charge in [-0.1, -0.05) is 52.0 Å². The average molecular weight is 528 g/mol. The Morgan fingerprint density at radius 2 is 1.41 bits per heavy atom. The second-order valence-corrected chi connectivity index (χ2v) is 10.9. The van der Waals surface area contributed by atoms with Crippen molar-refractivity contribution < 1.29 is 24.2 Å². The van der Waals surface area contributed by atoms with Crippen LogP contribution in [-0.2, 0) is 9.59 Å². The second kappa shape index (κ2) is 11.8. The SMILES string of the molecule is CC(C)COc1ccc(/C(O)=C2\C(=O)C(=O)N(c3ccc(C(C)C)cc3)C2c2ccc(OC(C)C)cc2)cc1. The lowest BCUT2D eigenvalue weighted by Crippen LogP contribution is -2.29. The highest BCUT2D eigenvalue weighted by molar-refractivity contribution is 6.51. The van der Waals surface area contributed by atoms with E-state index in [0.717, 1.165) is 5.56 Å². The number of anilines is 1. The summed E-state index contributed by atoms with van der Waals surface area (Å²) in [4.78, 5) is 28.4. The van der Waals surface area contributed by atoms with Gasteiger partial charge in [-0.05, 0) is 85.3 Å². The van der Waals surface area contributed by atoms with Gasteiger partial charge < -0.3 is 14.6 Å². The second-order valence-electron chi connectivity index (χ2n) is 10.9. The van der Waals surface area contributed by atoms with E-state index in [2.05, 4.69) is 27.7 Å². The molecule has 0 saturated carbocycles. The first-order chi connectivity index (χ1) is 18.6. The van der Waals surface area contributed by atoms with Crippen molar-refractivity contribution in [3.05, 3.63) is 95.1 Å². The van der Waals surface area contributed by atoms with Crippen molar-refractivity contribution in [1.29, 1.82) is 0 Å². The first-order valence-corrected chi connectivity index (χ1v) is 13.5. The quantitative estimate of drug-likeness (QED) is 0.180. The van der Waals surface area contributed by atoms with Crippen LogP contribution in [0.5, 0.6) is 11.5 Å². The third-order valence-electron chi connectivity index (χ3n) is 6.56. The predicted octanol–water partition coefficient (Wildman–Crippen LogP) is 7.26. The number of benzene rings is 3. The molecule has 3 aromatic carbocycles. The minimum absolute atomic E-state index is 0.00782. The molecule has 0 aliphatic carbocycles. The highest BCUT2D eigenvalue weighted by Crippen LogP contribution is 2.43. The van der Waals surface area contributed by atoms with Gasteiger partial charge in [-0.3, -0.25) is 14.5 Å². The Labute approximate surface area is 230 Å². The normalized spacial score (nSPS) is 16.9. The van der Waals surface area contributed by atoms with E-state index in [1.807, 2.05) is 62.4 Å². The highest BCUT2D eigenvalue weighted by atomic mass is 16.5. The van der Waals surface area contributed by atoms with Crippen LogP contribution in [0.4, 0.5) is 5.69 Å². The van der Waals surface area contributed by atoms with Crippen molar-refractivity contribution in [1.82, 2.24) is 0 Å². The standard InChI is InChI=1S/C33H37NO5/c1-20(2)19-38-27-15-11-25(12-16-27)31(35)29-30(24-9-17-28(18-10-24)39-22(5)6)34(33(37)32(29)36)26-13-7-23(8-14-26)21(3)4/h7-18,20-22,30,35H,19H2,1-6H3/b31-29+. The van der Waals surface area contributed by atoms with Gasteiger partial charge in [0, 0.05) is 11.3 Å². The maximum absolute atomic E-state index is 13.5. The molecule has 1 atom stereocenters. The molecular weight excluding hydrogens is 490 g/mol. The van der Waals surface area contributed by atoms with Crippen LogP contribution in [0.1, 0.15) is 70.2 Å². The Morgan fingerprint density at radius 3 is 1.95 bits per heavy atom. The number of ether oxygens (including phenoxy) is 2. The van der Waals surface area contributed by atoms with Gasteiger partial charge in [0.25, 0.3) is 11.7 Å². The van der Waals surface area contributed by atoms with E-state index in [1.54, 1.807) is 24.3 Å². The Balaban J connectivity index is 1.79. The van der Waals surface area contributed by atoms with Gasteiger partial charge in [0.1, 0.15) is 17.3 Å². The fourth-order valence-electron chi connectivity index (χ4n) is 4.56. The number of Topliss-reactive ketones (excluding diaryl/α,β-unsaturated/α-hetero) is 1. The molecule has 39 heavy (non-hydrogen) atoms. The number of hydrogen-bond acceptors (Lipinski definition) is 5. The summed E-state index contributed by atoms with van der Waals surface area (Å²) < 4.78 is 11.5. The van der Waals surface area contributed by atoms with Gasteiger partial charge in [0.05, 0.1) is 24.3 Å². The average Bonchev–Trinajstić information content (AvgIpc) is 3.17. The monoisotopic (exact) mass is 527 g/mol. The zero-order valence-electron chi connectivity index (χ0n) is 23.5. The Hall–Kier alpha value is -4.06. The Morgan fingerprint density at radius 1 is 0.821 bits per heavy atom. The maximum Gasteiger partial charge on any atom is 0.300 e. The predicted molar refractivity (Wildman–Crippen MR) is 154 cm³/mol. The number of aliphatic hydroxyl groups is 1. The summed E-state index contributed by atoms with van der Waals surface area (Å²) in [5, 5.41) is 11.4. The van der Waals surface area contributed by atoms with Crippen LogP contribution in [0.3, 0.4) is 0 Å². The topological polar surface area (TPSA) is 76.1 Å². The van der Waals surface area contributed by atoms with Crippen LogP contribution in [0.25, 0.3) is 5.76 Å². The van der Waals surface area contributed by atoms with Crippen molar-refractivity contribution in [3.63, 3.8) is 0 Å². The van der Waals surface area contributed by atoms with Gasteiger partial charge in [0.2, 0.25) is 0 Å². The Bertz CT molecular complexity index is 1340. The van der Waals surface area contributed by atoms with Crippen LogP contribution in [-0.4, -0.2) is 29.5 Å². The van der Waals surface area contributed by atoms with Crippen molar-refractivity contribution in [2.75, 3.05) is 11.5 Å². The van der Waals surface area contributed by atoms with Crippen molar-refractivity contribution in [3.8, 4) is 11.5 Å². The van der Waals surface area contributed by atoms with Gasteiger partial charge in [0.15, 0.2) is 0 Å². The third kappa shape index (κ3) is 6.17. The number of hydrogen-bond donors (Lipinski definition) is 1. The third-order valence-corrected chi connectivity index (χ3v) is 6.56. The number of ketones is 1. The lowest BCUT2D eigenvalue weighted by Gasteiger charge is -2.26. The molecule has 6 nitrogen and oxygen atoms in total. The smallest absolute Gasteiger partial charge is 0.300 e. The van der Waals surface area contributed by atoms with Crippen LogP contribution < -0.4 is 14.4 Å². The molecule has 1 aliphatic heterocycles. The van der Waals surface area contributed by atoms with Crippen molar-refractivity contribution in [2.45, 2.75) is 59.6 Å². The Kier molecular flexibility index (Phi) is 8.44. The molecule has 0 radical (unpaired) electrons. The van der Waals surface area contributed by atoms with Crippen molar-refractivity contribution >= 4 is 23.1 Å². The van der Waals surface area contributed by atoms with Crippen LogP contribution >= 0.6 is 0 Å². The zero-order chi connectivity index (χ0) is 28.3. The van der Waals surface area contributed by atoms with Crippen LogP contribution in [0, 0.1) is 5.92 Å². The molecule has 3 aromatic rings. The zero-order valence-corrected chi connectivity index (χ0v) is 23.5.